The number of aromatic nitrogens is 1. The molecule has 0 aliphatic carbocycles. The van der Waals surface area contributed by atoms with E-state index < -0.39 is 12.0 Å². The van der Waals surface area contributed by atoms with Gasteiger partial charge in [-0.25, -0.2) is 4.79 Å². The molecule has 0 fully saturated rings. The van der Waals surface area contributed by atoms with Gasteiger partial charge in [-0.2, -0.15) is 0 Å². The number of hydrogen-bond donors (Lipinski definition) is 2. The Morgan fingerprint density at radius 1 is 1.25 bits per heavy atom. The number of Topliss-reactive ketones (excluding diaryl/α,β-unsaturated/α-hetero) is 1. The molecule has 1 atom stereocenters. The van der Waals surface area contributed by atoms with Gasteiger partial charge in [0.15, 0.2) is 5.78 Å². The fourth-order valence-electron chi connectivity index (χ4n) is 2.74. The Bertz CT molecular complexity index is 622. The molecule has 0 saturated heterocycles. The van der Waals surface area contributed by atoms with Gasteiger partial charge in [-0.1, -0.05) is 6.92 Å². The Hall–Kier alpha value is -2.15. The molecular formula is C17H27N3O4. The van der Waals surface area contributed by atoms with Crippen molar-refractivity contribution in [3.8, 4) is 0 Å². The molecule has 0 aromatic carbocycles. The lowest BCUT2D eigenvalue weighted by Crippen LogP contribution is -2.45. The van der Waals surface area contributed by atoms with Crippen molar-refractivity contribution < 1.29 is 19.1 Å². The number of ketones is 1. The minimum absolute atomic E-state index is 0.117. The van der Waals surface area contributed by atoms with Gasteiger partial charge >= 0.3 is 5.97 Å². The number of nitrogens with one attached hydrogen (secondary N) is 2. The van der Waals surface area contributed by atoms with Gasteiger partial charge in [0.1, 0.15) is 0 Å². The van der Waals surface area contributed by atoms with E-state index in [9.17, 15) is 14.4 Å². The molecule has 0 unspecified atom stereocenters. The second-order valence-corrected chi connectivity index (χ2v) is 5.67. The molecule has 134 valence electrons. The molecule has 0 aliphatic rings. The summed E-state index contributed by atoms with van der Waals surface area (Å²) in [5, 5.41) is 2.73. The summed E-state index contributed by atoms with van der Waals surface area (Å²) in [5.74, 6) is -0.742. The predicted molar refractivity (Wildman–Crippen MR) is 91.3 cm³/mol. The van der Waals surface area contributed by atoms with E-state index in [1.807, 2.05) is 13.8 Å². The first-order valence-electron chi connectivity index (χ1n) is 8.10. The van der Waals surface area contributed by atoms with E-state index in [4.69, 9.17) is 4.74 Å². The Morgan fingerprint density at radius 3 is 2.38 bits per heavy atom. The third-order valence-electron chi connectivity index (χ3n) is 4.13. The number of hydrogen-bond acceptors (Lipinski definition) is 5. The maximum absolute atomic E-state index is 12.8. The van der Waals surface area contributed by atoms with Crippen molar-refractivity contribution in [3.63, 3.8) is 0 Å². The standard InChI is InChI=1S/C17H27N3O4/c1-7-18-13(21)9-20(8-2)12(5)16(22)15-10(3)14(11(4)19-15)17(23)24-6/h12,19H,7-9H2,1-6H3,(H,18,21)/t12-/m1/s1. The smallest absolute Gasteiger partial charge is 0.339 e. The van der Waals surface area contributed by atoms with Crippen molar-refractivity contribution in [2.45, 2.75) is 40.7 Å². The number of esters is 1. The van der Waals surface area contributed by atoms with Crippen LogP contribution in [0, 0.1) is 13.8 Å². The Morgan fingerprint density at radius 2 is 1.88 bits per heavy atom. The van der Waals surface area contributed by atoms with Crippen LogP contribution in [-0.4, -0.2) is 60.3 Å². The summed E-state index contributed by atoms with van der Waals surface area (Å²) < 4.78 is 4.77. The highest BCUT2D eigenvalue weighted by atomic mass is 16.5. The molecular weight excluding hydrogens is 310 g/mol. The summed E-state index contributed by atoms with van der Waals surface area (Å²) in [6, 6.07) is -0.486. The zero-order valence-electron chi connectivity index (χ0n) is 15.3. The summed E-state index contributed by atoms with van der Waals surface area (Å²) in [5.41, 5.74) is 1.95. The van der Waals surface area contributed by atoms with Crippen LogP contribution in [-0.2, 0) is 9.53 Å². The van der Waals surface area contributed by atoms with Crippen LogP contribution in [0.1, 0.15) is 52.9 Å². The van der Waals surface area contributed by atoms with E-state index in [2.05, 4.69) is 10.3 Å². The van der Waals surface area contributed by atoms with Gasteiger partial charge in [0, 0.05) is 12.2 Å². The van der Waals surface area contributed by atoms with Gasteiger partial charge in [0.2, 0.25) is 5.91 Å². The molecule has 0 spiro atoms. The Balaban J connectivity index is 3.04. The Labute approximate surface area is 142 Å². The number of rotatable bonds is 8. The van der Waals surface area contributed by atoms with Gasteiger partial charge in [-0.15, -0.1) is 0 Å². The van der Waals surface area contributed by atoms with E-state index in [0.717, 1.165) is 0 Å². The minimum Gasteiger partial charge on any atom is -0.465 e. The molecule has 1 aromatic heterocycles. The van der Waals surface area contributed by atoms with Crippen LogP contribution < -0.4 is 5.32 Å². The van der Waals surface area contributed by atoms with E-state index in [-0.39, 0.29) is 18.2 Å². The van der Waals surface area contributed by atoms with Crippen molar-refractivity contribution in [2.75, 3.05) is 26.7 Å². The van der Waals surface area contributed by atoms with Crippen LogP contribution in [0.25, 0.3) is 0 Å². The average molecular weight is 337 g/mol. The Kier molecular flexibility index (Phi) is 7.16. The van der Waals surface area contributed by atoms with Crippen LogP contribution in [0.5, 0.6) is 0 Å². The van der Waals surface area contributed by atoms with E-state index in [1.54, 1.807) is 25.7 Å². The number of aryl methyl sites for hydroxylation is 1. The molecule has 0 aliphatic heterocycles. The lowest BCUT2D eigenvalue weighted by Gasteiger charge is -2.26. The van der Waals surface area contributed by atoms with Crippen LogP contribution in [0.4, 0.5) is 0 Å². The van der Waals surface area contributed by atoms with E-state index in [1.165, 1.54) is 7.11 Å². The zero-order valence-corrected chi connectivity index (χ0v) is 15.3. The van der Waals surface area contributed by atoms with Crippen LogP contribution in [0.2, 0.25) is 0 Å². The van der Waals surface area contributed by atoms with Gasteiger partial charge < -0.3 is 15.0 Å². The highest BCUT2D eigenvalue weighted by Crippen LogP contribution is 2.21. The predicted octanol–water partition coefficient (Wildman–Crippen LogP) is 1.45. The highest BCUT2D eigenvalue weighted by Gasteiger charge is 2.28. The van der Waals surface area contributed by atoms with Crippen molar-refractivity contribution in [1.29, 1.82) is 0 Å². The van der Waals surface area contributed by atoms with Gasteiger partial charge in [0.25, 0.3) is 0 Å². The average Bonchev–Trinajstić information content (AvgIpc) is 2.85. The third kappa shape index (κ3) is 4.23. The second kappa shape index (κ2) is 8.63. The number of aromatic amines is 1. The van der Waals surface area contributed by atoms with Crippen LogP contribution >= 0.6 is 0 Å². The summed E-state index contributed by atoms with van der Waals surface area (Å²) in [7, 11) is 1.31. The summed E-state index contributed by atoms with van der Waals surface area (Å²) in [4.78, 5) is 41.3. The first-order valence-corrected chi connectivity index (χ1v) is 8.10. The maximum Gasteiger partial charge on any atom is 0.339 e. The van der Waals surface area contributed by atoms with E-state index in [0.29, 0.717) is 35.6 Å². The van der Waals surface area contributed by atoms with Gasteiger partial charge in [-0.05, 0) is 39.8 Å². The number of carbonyl (C=O) groups excluding carboxylic acids is 3. The van der Waals surface area contributed by atoms with Gasteiger partial charge in [-0.3, -0.25) is 14.5 Å². The van der Waals surface area contributed by atoms with Gasteiger partial charge in [0.05, 0.1) is 31.0 Å². The summed E-state index contributed by atoms with van der Waals surface area (Å²) >= 11 is 0. The number of ether oxygens (including phenoxy) is 1. The van der Waals surface area contributed by atoms with Crippen LogP contribution in [0.3, 0.4) is 0 Å². The molecule has 24 heavy (non-hydrogen) atoms. The molecule has 0 radical (unpaired) electrons. The number of nitrogens with zero attached hydrogens (tertiary/aromatic N) is 1. The fraction of sp³-hybridized carbons (Fsp3) is 0.588. The molecule has 0 bridgehead atoms. The maximum atomic E-state index is 12.8. The number of carbonyl (C=O) groups is 3. The third-order valence-corrected chi connectivity index (χ3v) is 4.13. The molecule has 7 heteroatoms. The van der Waals surface area contributed by atoms with Crippen molar-refractivity contribution in [2.24, 2.45) is 0 Å². The lowest BCUT2D eigenvalue weighted by molar-refractivity contribution is -0.122. The SMILES string of the molecule is CCNC(=O)CN(CC)[C@H](C)C(=O)c1[nH]c(C)c(C(=O)OC)c1C. The lowest BCUT2D eigenvalue weighted by atomic mass is 10.0. The first-order chi connectivity index (χ1) is 11.3. The normalized spacial score (nSPS) is 12.1. The van der Waals surface area contributed by atoms with Crippen molar-refractivity contribution in [3.05, 3.63) is 22.5 Å². The molecule has 2 N–H and O–H groups in total. The molecule has 1 rings (SSSR count). The highest BCUT2D eigenvalue weighted by molar-refractivity contribution is 6.03. The van der Waals surface area contributed by atoms with Crippen LogP contribution in [0.15, 0.2) is 0 Å². The first kappa shape index (κ1) is 19.9. The largest absolute Gasteiger partial charge is 0.465 e. The van der Waals surface area contributed by atoms with Crippen molar-refractivity contribution in [1.82, 2.24) is 15.2 Å². The number of amides is 1. The number of H-pyrrole nitrogens is 1. The second-order valence-electron chi connectivity index (χ2n) is 5.67. The quantitative estimate of drug-likeness (QED) is 0.553. The van der Waals surface area contributed by atoms with Crippen molar-refractivity contribution >= 4 is 17.7 Å². The minimum atomic E-state index is -0.486. The molecule has 7 nitrogen and oxygen atoms in total. The monoisotopic (exact) mass is 337 g/mol. The number of methoxy groups -OCH3 is 1. The number of likely N-dealkylation sites (N-methyl/N-ethyl adjacent to an activating group) is 2. The van der Waals surface area contributed by atoms with E-state index >= 15 is 0 Å². The topological polar surface area (TPSA) is 91.5 Å². The summed E-state index contributed by atoms with van der Waals surface area (Å²) in [6.45, 7) is 10.2. The molecule has 1 aromatic rings. The zero-order chi connectivity index (χ0) is 18.4. The molecule has 1 heterocycles. The molecule has 1 amide bonds. The fourth-order valence-corrected chi connectivity index (χ4v) is 2.74. The molecule has 0 saturated carbocycles. The summed E-state index contributed by atoms with van der Waals surface area (Å²) in [6.07, 6.45) is 0.